The standard InChI is InChI=1S/C15H15NO3/c1-10-3-5-11(6-4-10)15(19)12-7-8-16(2)13(12)9-14(17)18/h3-8H,9H2,1-2H3,(H,17,18). The Kier molecular flexibility index (Phi) is 3.51. The molecule has 4 nitrogen and oxygen atoms in total. The van der Waals surface area contributed by atoms with Gasteiger partial charge in [-0.3, -0.25) is 9.59 Å². The third-order valence-corrected chi connectivity index (χ3v) is 3.08. The zero-order valence-corrected chi connectivity index (χ0v) is 10.9. The number of ketones is 1. The predicted molar refractivity (Wildman–Crippen MR) is 71.4 cm³/mol. The smallest absolute Gasteiger partial charge is 0.309 e. The number of carbonyl (C=O) groups is 2. The van der Waals surface area contributed by atoms with E-state index in [-0.39, 0.29) is 12.2 Å². The summed E-state index contributed by atoms with van der Waals surface area (Å²) in [7, 11) is 1.74. The Balaban J connectivity index is 2.39. The number of rotatable bonds is 4. The van der Waals surface area contributed by atoms with Crippen molar-refractivity contribution < 1.29 is 14.7 Å². The first kappa shape index (κ1) is 13.1. The number of carboxylic acids is 1. The van der Waals surface area contributed by atoms with Crippen molar-refractivity contribution in [2.45, 2.75) is 13.3 Å². The molecule has 0 amide bonds. The molecule has 98 valence electrons. The fourth-order valence-electron chi connectivity index (χ4n) is 1.99. The monoisotopic (exact) mass is 257 g/mol. The average Bonchev–Trinajstić information content (AvgIpc) is 2.71. The number of benzene rings is 1. The lowest BCUT2D eigenvalue weighted by Crippen LogP contribution is -2.11. The highest BCUT2D eigenvalue weighted by atomic mass is 16.4. The summed E-state index contributed by atoms with van der Waals surface area (Å²) in [6.45, 7) is 1.95. The average molecular weight is 257 g/mol. The van der Waals surface area contributed by atoms with Crippen molar-refractivity contribution in [1.82, 2.24) is 4.57 Å². The molecule has 0 unspecified atom stereocenters. The fourth-order valence-corrected chi connectivity index (χ4v) is 1.99. The van der Waals surface area contributed by atoms with E-state index in [4.69, 9.17) is 5.11 Å². The molecule has 0 aliphatic heterocycles. The first-order valence-corrected chi connectivity index (χ1v) is 5.96. The number of carboxylic acid groups (broad SMARTS) is 1. The maximum atomic E-state index is 12.4. The van der Waals surface area contributed by atoms with Gasteiger partial charge in [-0.2, -0.15) is 0 Å². The van der Waals surface area contributed by atoms with Gasteiger partial charge in [0.15, 0.2) is 5.78 Å². The van der Waals surface area contributed by atoms with E-state index in [1.807, 2.05) is 19.1 Å². The lowest BCUT2D eigenvalue weighted by molar-refractivity contribution is -0.136. The minimum absolute atomic E-state index is 0.142. The zero-order valence-electron chi connectivity index (χ0n) is 10.9. The van der Waals surface area contributed by atoms with Crippen LogP contribution in [0.1, 0.15) is 27.2 Å². The Morgan fingerprint density at radius 1 is 1.16 bits per heavy atom. The van der Waals surface area contributed by atoms with Gasteiger partial charge in [0.1, 0.15) is 0 Å². The van der Waals surface area contributed by atoms with Crippen LogP contribution in [0.3, 0.4) is 0 Å². The molecule has 0 atom stereocenters. The van der Waals surface area contributed by atoms with E-state index in [1.54, 1.807) is 36.0 Å². The van der Waals surface area contributed by atoms with Crippen LogP contribution in [0.2, 0.25) is 0 Å². The first-order chi connectivity index (χ1) is 8.99. The van der Waals surface area contributed by atoms with E-state index in [2.05, 4.69) is 0 Å². The molecule has 2 rings (SSSR count). The van der Waals surface area contributed by atoms with Gasteiger partial charge in [-0.05, 0) is 13.0 Å². The van der Waals surface area contributed by atoms with Crippen LogP contribution in [-0.2, 0) is 18.3 Å². The SMILES string of the molecule is Cc1ccc(C(=O)c2ccn(C)c2CC(=O)O)cc1. The number of aryl methyl sites for hydroxylation is 2. The van der Waals surface area contributed by atoms with Crippen LogP contribution in [0.15, 0.2) is 36.5 Å². The second-order valence-electron chi connectivity index (χ2n) is 4.55. The summed E-state index contributed by atoms with van der Waals surface area (Å²) in [5.41, 5.74) is 2.63. The summed E-state index contributed by atoms with van der Waals surface area (Å²) < 4.78 is 1.68. The highest BCUT2D eigenvalue weighted by Gasteiger charge is 2.18. The maximum Gasteiger partial charge on any atom is 0.309 e. The van der Waals surface area contributed by atoms with Gasteiger partial charge in [0.2, 0.25) is 0 Å². The van der Waals surface area contributed by atoms with Crippen LogP contribution in [0, 0.1) is 6.92 Å². The molecule has 1 N–H and O–H groups in total. The summed E-state index contributed by atoms with van der Waals surface area (Å²) >= 11 is 0. The van der Waals surface area contributed by atoms with E-state index in [0.717, 1.165) is 5.56 Å². The lowest BCUT2D eigenvalue weighted by Gasteiger charge is -2.05. The van der Waals surface area contributed by atoms with Crippen LogP contribution in [0.5, 0.6) is 0 Å². The topological polar surface area (TPSA) is 59.3 Å². The van der Waals surface area contributed by atoms with Crippen LogP contribution >= 0.6 is 0 Å². The third kappa shape index (κ3) is 2.73. The molecule has 0 saturated heterocycles. The van der Waals surface area contributed by atoms with Gasteiger partial charge in [-0.15, -0.1) is 0 Å². The molecule has 4 heteroatoms. The van der Waals surface area contributed by atoms with E-state index < -0.39 is 5.97 Å². The number of aromatic nitrogens is 1. The fraction of sp³-hybridized carbons (Fsp3) is 0.200. The molecule has 0 aliphatic rings. The van der Waals surface area contributed by atoms with Crippen molar-refractivity contribution in [2.75, 3.05) is 0 Å². The van der Waals surface area contributed by atoms with E-state index in [1.165, 1.54) is 0 Å². The van der Waals surface area contributed by atoms with Gasteiger partial charge in [-0.25, -0.2) is 0 Å². The molecule has 0 fully saturated rings. The highest BCUT2D eigenvalue weighted by Crippen LogP contribution is 2.17. The number of carbonyl (C=O) groups excluding carboxylic acids is 1. The molecule has 0 spiro atoms. The lowest BCUT2D eigenvalue weighted by atomic mass is 10.0. The van der Waals surface area contributed by atoms with Gasteiger partial charge in [0.25, 0.3) is 0 Å². The van der Waals surface area contributed by atoms with Crippen molar-refractivity contribution in [2.24, 2.45) is 7.05 Å². The van der Waals surface area contributed by atoms with Crippen molar-refractivity contribution in [3.05, 3.63) is 58.9 Å². The van der Waals surface area contributed by atoms with Gasteiger partial charge >= 0.3 is 5.97 Å². The number of nitrogens with zero attached hydrogens (tertiary/aromatic N) is 1. The maximum absolute atomic E-state index is 12.4. The molecular formula is C15H15NO3. The quantitative estimate of drug-likeness (QED) is 0.854. The molecule has 1 aromatic heterocycles. The molecular weight excluding hydrogens is 242 g/mol. The second-order valence-corrected chi connectivity index (χ2v) is 4.55. The van der Waals surface area contributed by atoms with Crippen LogP contribution in [0.4, 0.5) is 0 Å². The Labute approximate surface area is 111 Å². The third-order valence-electron chi connectivity index (χ3n) is 3.08. The van der Waals surface area contributed by atoms with Crippen molar-refractivity contribution >= 4 is 11.8 Å². The summed E-state index contributed by atoms with van der Waals surface area (Å²) in [4.78, 5) is 23.2. The van der Waals surface area contributed by atoms with Gasteiger partial charge in [-0.1, -0.05) is 29.8 Å². The largest absolute Gasteiger partial charge is 0.481 e. The minimum atomic E-state index is -0.945. The first-order valence-electron chi connectivity index (χ1n) is 5.96. The van der Waals surface area contributed by atoms with Crippen molar-refractivity contribution in [3.63, 3.8) is 0 Å². The number of hydrogen-bond acceptors (Lipinski definition) is 2. The summed E-state index contributed by atoms with van der Waals surface area (Å²) in [6.07, 6.45) is 1.55. The van der Waals surface area contributed by atoms with E-state index >= 15 is 0 Å². The highest BCUT2D eigenvalue weighted by molar-refractivity contribution is 6.10. The summed E-state index contributed by atoms with van der Waals surface area (Å²) in [6, 6.07) is 8.92. The molecule has 1 aromatic carbocycles. The van der Waals surface area contributed by atoms with E-state index in [0.29, 0.717) is 16.8 Å². The predicted octanol–water partition coefficient (Wildman–Crippen LogP) is 2.19. The van der Waals surface area contributed by atoms with Gasteiger partial charge < -0.3 is 9.67 Å². The Morgan fingerprint density at radius 3 is 2.37 bits per heavy atom. The number of aliphatic carboxylic acids is 1. The van der Waals surface area contributed by atoms with E-state index in [9.17, 15) is 9.59 Å². The molecule has 0 aliphatic carbocycles. The number of hydrogen-bond donors (Lipinski definition) is 1. The second kappa shape index (κ2) is 5.10. The Hall–Kier alpha value is -2.36. The minimum Gasteiger partial charge on any atom is -0.481 e. The molecule has 0 saturated carbocycles. The summed E-state index contributed by atoms with van der Waals surface area (Å²) in [5.74, 6) is -1.09. The molecule has 1 heterocycles. The van der Waals surface area contributed by atoms with Crippen LogP contribution < -0.4 is 0 Å². The Bertz CT molecular complexity index is 623. The molecule has 19 heavy (non-hydrogen) atoms. The zero-order chi connectivity index (χ0) is 14.0. The molecule has 2 aromatic rings. The molecule has 0 bridgehead atoms. The van der Waals surface area contributed by atoms with Gasteiger partial charge in [0, 0.05) is 30.1 Å². The van der Waals surface area contributed by atoms with Crippen molar-refractivity contribution in [1.29, 1.82) is 0 Å². The normalized spacial score (nSPS) is 10.4. The Morgan fingerprint density at radius 2 is 1.79 bits per heavy atom. The summed E-state index contributed by atoms with van der Waals surface area (Å²) in [5, 5.41) is 8.90. The molecule has 0 radical (unpaired) electrons. The van der Waals surface area contributed by atoms with Crippen LogP contribution in [0.25, 0.3) is 0 Å². The van der Waals surface area contributed by atoms with Gasteiger partial charge in [0.05, 0.1) is 6.42 Å². The van der Waals surface area contributed by atoms with Crippen LogP contribution in [-0.4, -0.2) is 21.4 Å². The van der Waals surface area contributed by atoms with Crippen molar-refractivity contribution in [3.8, 4) is 0 Å².